The zero-order valence-electron chi connectivity index (χ0n) is 16.8. The summed E-state index contributed by atoms with van der Waals surface area (Å²) in [6, 6.07) is 13.6. The number of benzene rings is 2. The molecular weight excluding hydrogens is 368 g/mol. The molecule has 1 N–H and O–H groups in total. The van der Waals surface area contributed by atoms with Crippen molar-refractivity contribution in [1.29, 1.82) is 0 Å². The molecule has 4 rings (SSSR count). The Labute approximate surface area is 170 Å². The van der Waals surface area contributed by atoms with E-state index in [0.717, 1.165) is 34.4 Å². The minimum Gasteiger partial charge on any atom is -0.497 e. The van der Waals surface area contributed by atoms with Gasteiger partial charge in [0.15, 0.2) is 0 Å². The molecule has 1 aliphatic rings. The highest BCUT2D eigenvalue weighted by Crippen LogP contribution is 2.32. The van der Waals surface area contributed by atoms with Gasteiger partial charge in [-0.15, -0.1) is 0 Å². The Kier molecular flexibility index (Phi) is 5.36. The summed E-state index contributed by atoms with van der Waals surface area (Å²) in [7, 11) is 1.63. The Bertz CT molecular complexity index is 1040. The summed E-state index contributed by atoms with van der Waals surface area (Å²) >= 11 is 0. The van der Waals surface area contributed by atoms with Crippen LogP contribution in [0.2, 0.25) is 0 Å². The Morgan fingerprint density at radius 1 is 1.07 bits per heavy atom. The maximum Gasteiger partial charge on any atom is 0.220 e. The predicted octanol–water partition coefficient (Wildman–Crippen LogP) is 3.64. The van der Waals surface area contributed by atoms with Crippen LogP contribution in [-0.4, -0.2) is 34.9 Å². The van der Waals surface area contributed by atoms with E-state index in [1.807, 2.05) is 56.3 Å². The Morgan fingerprint density at radius 3 is 2.69 bits per heavy atom. The van der Waals surface area contributed by atoms with E-state index in [4.69, 9.17) is 14.2 Å². The van der Waals surface area contributed by atoms with Crippen LogP contribution >= 0.6 is 0 Å². The lowest BCUT2D eigenvalue weighted by molar-refractivity contribution is 0.144. The van der Waals surface area contributed by atoms with Crippen molar-refractivity contribution in [3.63, 3.8) is 0 Å². The number of aliphatic hydroxyl groups is 1. The van der Waals surface area contributed by atoms with Crippen LogP contribution in [0.1, 0.15) is 22.6 Å². The van der Waals surface area contributed by atoms with E-state index >= 15 is 0 Å². The number of aryl methyl sites for hydroxylation is 2. The highest BCUT2D eigenvalue weighted by Gasteiger charge is 2.27. The van der Waals surface area contributed by atoms with E-state index in [-0.39, 0.29) is 12.7 Å². The molecule has 6 heteroatoms. The third kappa shape index (κ3) is 4.17. The zero-order valence-corrected chi connectivity index (χ0v) is 16.8. The number of hydrogen-bond donors (Lipinski definition) is 1. The molecule has 0 aliphatic carbocycles. The maximum atomic E-state index is 9.41. The normalized spacial score (nSPS) is 15.0. The van der Waals surface area contributed by atoms with Gasteiger partial charge < -0.3 is 19.3 Å². The number of rotatable bonds is 6. The Morgan fingerprint density at radius 2 is 1.90 bits per heavy atom. The highest BCUT2D eigenvalue weighted by molar-refractivity contribution is 5.68. The quantitative estimate of drug-likeness (QED) is 0.690. The van der Waals surface area contributed by atoms with Crippen molar-refractivity contribution < 1.29 is 19.3 Å². The van der Waals surface area contributed by atoms with E-state index < -0.39 is 0 Å². The molecule has 29 heavy (non-hydrogen) atoms. The van der Waals surface area contributed by atoms with Crippen LogP contribution < -0.4 is 14.2 Å². The number of fused-ring (bicyclic) bond motifs is 1. The molecule has 150 valence electrons. The molecule has 1 atom stereocenters. The van der Waals surface area contributed by atoms with Gasteiger partial charge in [-0.1, -0.05) is 18.2 Å². The number of nitrogens with zero attached hydrogens (tertiary/aromatic N) is 2. The molecule has 1 aromatic heterocycles. The summed E-state index contributed by atoms with van der Waals surface area (Å²) in [5.74, 6) is 2.79. The fourth-order valence-electron chi connectivity index (χ4n) is 3.54. The minimum absolute atomic E-state index is 0.00251. The molecule has 0 amide bonds. The SMILES string of the molecule is COc1cc(OCC2Cc3c(C)nc(C)nc3O2)cc(-c2cccc(CO)c2)c1. The van der Waals surface area contributed by atoms with Crippen LogP contribution in [0.25, 0.3) is 11.1 Å². The van der Waals surface area contributed by atoms with Gasteiger partial charge >= 0.3 is 0 Å². The summed E-state index contributed by atoms with van der Waals surface area (Å²) < 4.78 is 17.5. The number of methoxy groups -OCH3 is 1. The first-order chi connectivity index (χ1) is 14.1. The van der Waals surface area contributed by atoms with Crippen LogP contribution in [-0.2, 0) is 13.0 Å². The first-order valence-corrected chi connectivity index (χ1v) is 9.58. The number of aliphatic hydroxyl groups excluding tert-OH is 1. The van der Waals surface area contributed by atoms with Gasteiger partial charge in [0, 0.05) is 23.7 Å². The number of aromatic nitrogens is 2. The molecule has 0 saturated heterocycles. The van der Waals surface area contributed by atoms with Gasteiger partial charge in [-0.3, -0.25) is 0 Å². The second kappa shape index (κ2) is 8.09. The van der Waals surface area contributed by atoms with Crippen molar-refractivity contribution in [3.05, 3.63) is 65.1 Å². The maximum absolute atomic E-state index is 9.41. The smallest absolute Gasteiger partial charge is 0.220 e. The predicted molar refractivity (Wildman–Crippen MR) is 109 cm³/mol. The summed E-state index contributed by atoms with van der Waals surface area (Å²) in [4.78, 5) is 8.80. The summed E-state index contributed by atoms with van der Waals surface area (Å²) in [5.41, 5.74) is 4.82. The van der Waals surface area contributed by atoms with Gasteiger partial charge in [0.1, 0.15) is 30.0 Å². The van der Waals surface area contributed by atoms with Crippen LogP contribution in [0.4, 0.5) is 0 Å². The van der Waals surface area contributed by atoms with Gasteiger partial charge in [0.25, 0.3) is 0 Å². The van der Waals surface area contributed by atoms with E-state index in [2.05, 4.69) is 9.97 Å². The number of ether oxygens (including phenoxy) is 3. The lowest BCUT2D eigenvalue weighted by atomic mass is 10.0. The Balaban J connectivity index is 1.51. The van der Waals surface area contributed by atoms with E-state index in [9.17, 15) is 5.11 Å². The molecule has 1 aliphatic heterocycles. The van der Waals surface area contributed by atoms with E-state index in [1.54, 1.807) is 7.11 Å². The minimum atomic E-state index is -0.104. The largest absolute Gasteiger partial charge is 0.497 e. The lowest BCUT2D eigenvalue weighted by Crippen LogP contribution is -2.22. The second-order valence-electron chi connectivity index (χ2n) is 7.15. The van der Waals surface area contributed by atoms with Gasteiger partial charge in [-0.05, 0) is 48.7 Å². The topological polar surface area (TPSA) is 73.7 Å². The third-order valence-electron chi connectivity index (χ3n) is 4.99. The molecule has 1 unspecified atom stereocenters. The molecule has 0 radical (unpaired) electrons. The van der Waals surface area contributed by atoms with Crippen molar-refractivity contribution in [2.75, 3.05) is 13.7 Å². The van der Waals surface area contributed by atoms with Gasteiger partial charge in [0.05, 0.1) is 13.7 Å². The first-order valence-electron chi connectivity index (χ1n) is 9.58. The highest BCUT2D eigenvalue weighted by atomic mass is 16.5. The molecule has 2 heterocycles. The number of hydrogen-bond acceptors (Lipinski definition) is 6. The monoisotopic (exact) mass is 392 g/mol. The van der Waals surface area contributed by atoms with Gasteiger partial charge in [-0.2, -0.15) is 4.98 Å². The standard InChI is InChI=1S/C23H24N2O4/c1-14-22-11-21(29-23(22)25-15(2)24-14)13-28-20-9-18(8-19(10-20)27-3)17-6-4-5-16(7-17)12-26/h4-10,21,26H,11-13H2,1-3H3. The van der Waals surface area contributed by atoms with Crippen LogP contribution in [0.5, 0.6) is 17.4 Å². The van der Waals surface area contributed by atoms with Crippen molar-refractivity contribution in [3.8, 4) is 28.5 Å². The van der Waals surface area contributed by atoms with Crippen molar-refractivity contribution in [2.45, 2.75) is 33.0 Å². The van der Waals surface area contributed by atoms with Gasteiger partial charge in [-0.25, -0.2) is 4.98 Å². The zero-order chi connectivity index (χ0) is 20.4. The Hall–Kier alpha value is -3.12. The average Bonchev–Trinajstić information content (AvgIpc) is 3.15. The molecule has 3 aromatic rings. The fraction of sp³-hybridized carbons (Fsp3) is 0.304. The molecule has 2 aromatic carbocycles. The second-order valence-corrected chi connectivity index (χ2v) is 7.15. The van der Waals surface area contributed by atoms with E-state index in [1.165, 1.54) is 0 Å². The third-order valence-corrected chi connectivity index (χ3v) is 4.99. The molecule has 0 saturated carbocycles. The van der Waals surface area contributed by atoms with Crippen molar-refractivity contribution in [1.82, 2.24) is 9.97 Å². The fourth-order valence-corrected chi connectivity index (χ4v) is 3.54. The van der Waals surface area contributed by atoms with Crippen molar-refractivity contribution in [2.24, 2.45) is 0 Å². The van der Waals surface area contributed by atoms with E-state index in [0.29, 0.717) is 29.8 Å². The molecule has 0 bridgehead atoms. The van der Waals surface area contributed by atoms with Crippen molar-refractivity contribution >= 4 is 0 Å². The molecule has 0 fully saturated rings. The summed E-state index contributed by atoms with van der Waals surface area (Å²) in [6.07, 6.45) is 0.628. The molecular formula is C23H24N2O4. The first kappa shape index (κ1) is 19.2. The summed E-state index contributed by atoms with van der Waals surface area (Å²) in [5, 5.41) is 9.41. The lowest BCUT2D eigenvalue weighted by Gasteiger charge is -2.14. The summed E-state index contributed by atoms with van der Waals surface area (Å²) in [6.45, 7) is 4.25. The molecule has 6 nitrogen and oxygen atoms in total. The average molecular weight is 392 g/mol. The molecule has 0 spiro atoms. The van der Waals surface area contributed by atoms with Crippen LogP contribution in [0, 0.1) is 13.8 Å². The van der Waals surface area contributed by atoms with Crippen LogP contribution in [0.3, 0.4) is 0 Å². The van der Waals surface area contributed by atoms with Crippen LogP contribution in [0.15, 0.2) is 42.5 Å². The van der Waals surface area contributed by atoms with Gasteiger partial charge in [0.2, 0.25) is 5.88 Å².